The molecule has 0 saturated carbocycles. The molecule has 1 atom stereocenters. The van der Waals surface area contributed by atoms with Crippen LogP contribution in [0.1, 0.15) is 6.92 Å². The van der Waals surface area contributed by atoms with Gasteiger partial charge in [0.15, 0.2) is 0 Å². The monoisotopic (exact) mass is 201 g/mol. The van der Waals surface area contributed by atoms with E-state index in [1.54, 1.807) is 7.11 Å². The van der Waals surface area contributed by atoms with Crippen molar-refractivity contribution >= 4 is 0 Å². The summed E-state index contributed by atoms with van der Waals surface area (Å²) >= 11 is 0. The van der Waals surface area contributed by atoms with Gasteiger partial charge < -0.3 is 25.4 Å². The summed E-state index contributed by atoms with van der Waals surface area (Å²) in [4.78, 5) is 1.87. The number of methoxy groups -OCH3 is 1. The molecule has 1 aliphatic rings. The van der Waals surface area contributed by atoms with E-state index in [1.807, 2.05) is 18.9 Å². The first-order chi connectivity index (χ1) is 6.65. The van der Waals surface area contributed by atoms with Gasteiger partial charge in [-0.2, -0.15) is 0 Å². The fourth-order valence-electron chi connectivity index (χ4n) is 1.36. The number of ether oxygens (including phenoxy) is 2. The molecule has 0 bridgehead atoms. The topological polar surface area (TPSA) is 59.8 Å². The third kappa shape index (κ3) is 2.78. The van der Waals surface area contributed by atoms with E-state index in [0.29, 0.717) is 19.9 Å². The van der Waals surface area contributed by atoms with Crippen molar-refractivity contribution in [2.24, 2.45) is 5.73 Å². The summed E-state index contributed by atoms with van der Waals surface area (Å²) in [6.07, 6.45) is 0. The highest BCUT2D eigenvalue weighted by atomic mass is 16.5. The van der Waals surface area contributed by atoms with E-state index in [-0.39, 0.29) is 6.04 Å². The van der Waals surface area contributed by atoms with E-state index in [1.165, 1.54) is 0 Å². The van der Waals surface area contributed by atoms with E-state index in [2.05, 4.69) is 5.32 Å². The molecule has 0 spiro atoms. The van der Waals surface area contributed by atoms with E-state index >= 15 is 0 Å². The Morgan fingerprint density at radius 2 is 2.43 bits per heavy atom. The summed E-state index contributed by atoms with van der Waals surface area (Å²) in [6.45, 7) is 3.79. The first-order valence-electron chi connectivity index (χ1n) is 4.68. The highest BCUT2D eigenvalue weighted by Crippen LogP contribution is 2.08. The molecule has 5 heteroatoms. The molecule has 0 aromatic rings. The summed E-state index contributed by atoms with van der Waals surface area (Å²) in [5.74, 6) is 0.749. The van der Waals surface area contributed by atoms with Crippen molar-refractivity contribution in [3.05, 3.63) is 11.5 Å². The van der Waals surface area contributed by atoms with Crippen LogP contribution in [0.25, 0.3) is 0 Å². The Bertz CT molecular complexity index is 218. The molecule has 5 nitrogen and oxygen atoms in total. The Kier molecular flexibility index (Phi) is 4.03. The second-order valence-electron chi connectivity index (χ2n) is 3.54. The van der Waals surface area contributed by atoms with Gasteiger partial charge in [0.25, 0.3) is 0 Å². The van der Waals surface area contributed by atoms with Crippen molar-refractivity contribution in [2.75, 3.05) is 34.1 Å². The zero-order chi connectivity index (χ0) is 10.6. The van der Waals surface area contributed by atoms with Crippen LogP contribution in [0.4, 0.5) is 0 Å². The lowest BCUT2D eigenvalue weighted by Crippen LogP contribution is -2.41. The van der Waals surface area contributed by atoms with E-state index in [9.17, 15) is 0 Å². The van der Waals surface area contributed by atoms with Gasteiger partial charge in [0.2, 0.25) is 0 Å². The Morgan fingerprint density at radius 3 is 3.07 bits per heavy atom. The van der Waals surface area contributed by atoms with Crippen molar-refractivity contribution < 1.29 is 9.47 Å². The number of rotatable bonds is 4. The minimum Gasteiger partial charge on any atom is -0.384 e. The lowest BCUT2D eigenvalue weighted by atomic mass is 10.3. The molecule has 1 aliphatic heterocycles. The van der Waals surface area contributed by atoms with Gasteiger partial charge in [0.1, 0.15) is 12.6 Å². The van der Waals surface area contributed by atoms with Crippen molar-refractivity contribution in [3.8, 4) is 0 Å². The van der Waals surface area contributed by atoms with E-state index < -0.39 is 0 Å². The minimum atomic E-state index is 0.239. The quantitative estimate of drug-likeness (QED) is 0.651. The summed E-state index contributed by atoms with van der Waals surface area (Å²) in [7, 11) is 3.58. The van der Waals surface area contributed by atoms with Gasteiger partial charge in [0, 0.05) is 20.2 Å². The Morgan fingerprint density at radius 1 is 1.71 bits per heavy atom. The predicted molar refractivity (Wildman–Crippen MR) is 54.3 cm³/mol. The van der Waals surface area contributed by atoms with Crippen LogP contribution in [0.15, 0.2) is 11.5 Å². The SMILES string of the molecule is COC[C@H](C)NC1=C(N)N(C)COC1. The molecule has 14 heavy (non-hydrogen) atoms. The molecular weight excluding hydrogens is 182 g/mol. The maximum Gasteiger partial charge on any atom is 0.122 e. The lowest BCUT2D eigenvalue weighted by molar-refractivity contribution is 0.0471. The van der Waals surface area contributed by atoms with Crippen LogP contribution >= 0.6 is 0 Å². The van der Waals surface area contributed by atoms with Crippen LogP contribution in [0.3, 0.4) is 0 Å². The molecule has 0 saturated heterocycles. The number of hydrogen-bond donors (Lipinski definition) is 2. The Labute approximate surface area is 84.8 Å². The molecule has 0 aromatic heterocycles. The van der Waals surface area contributed by atoms with Gasteiger partial charge >= 0.3 is 0 Å². The lowest BCUT2D eigenvalue weighted by Gasteiger charge is -2.29. The third-order valence-electron chi connectivity index (χ3n) is 2.09. The molecule has 0 aliphatic carbocycles. The van der Waals surface area contributed by atoms with E-state index in [0.717, 1.165) is 11.5 Å². The van der Waals surface area contributed by atoms with Gasteiger partial charge in [-0.25, -0.2) is 0 Å². The second kappa shape index (κ2) is 5.07. The van der Waals surface area contributed by atoms with Gasteiger partial charge in [-0.1, -0.05) is 0 Å². The van der Waals surface area contributed by atoms with Gasteiger partial charge in [0.05, 0.1) is 18.9 Å². The summed E-state index contributed by atoms with van der Waals surface area (Å²) in [5.41, 5.74) is 6.82. The Balaban J connectivity index is 2.53. The molecule has 0 amide bonds. The zero-order valence-electron chi connectivity index (χ0n) is 9.04. The van der Waals surface area contributed by atoms with E-state index in [4.69, 9.17) is 15.2 Å². The van der Waals surface area contributed by atoms with Crippen molar-refractivity contribution in [1.82, 2.24) is 10.2 Å². The van der Waals surface area contributed by atoms with Crippen LogP contribution in [-0.2, 0) is 9.47 Å². The van der Waals surface area contributed by atoms with Gasteiger partial charge in [-0.15, -0.1) is 0 Å². The largest absolute Gasteiger partial charge is 0.384 e. The summed E-state index contributed by atoms with van der Waals surface area (Å²) < 4.78 is 10.4. The number of nitrogens with two attached hydrogens (primary N) is 1. The normalized spacial score (nSPS) is 19.8. The van der Waals surface area contributed by atoms with Crippen molar-refractivity contribution in [3.63, 3.8) is 0 Å². The van der Waals surface area contributed by atoms with Crippen LogP contribution < -0.4 is 11.1 Å². The van der Waals surface area contributed by atoms with Crippen molar-refractivity contribution in [2.45, 2.75) is 13.0 Å². The molecule has 0 fully saturated rings. The molecular formula is C9H19N3O2. The first-order valence-corrected chi connectivity index (χ1v) is 4.68. The minimum absolute atomic E-state index is 0.239. The molecule has 3 N–H and O–H groups in total. The molecule has 0 aromatic carbocycles. The van der Waals surface area contributed by atoms with Gasteiger partial charge in [-0.3, -0.25) is 0 Å². The third-order valence-corrected chi connectivity index (χ3v) is 2.09. The highest BCUT2D eigenvalue weighted by Gasteiger charge is 2.15. The molecule has 82 valence electrons. The fraction of sp³-hybridized carbons (Fsp3) is 0.778. The highest BCUT2D eigenvalue weighted by molar-refractivity contribution is 5.11. The van der Waals surface area contributed by atoms with Crippen molar-refractivity contribution in [1.29, 1.82) is 0 Å². The summed E-state index contributed by atoms with van der Waals surface area (Å²) in [6, 6.07) is 0.239. The molecule has 1 heterocycles. The average molecular weight is 201 g/mol. The first kappa shape index (κ1) is 11.1. The second-order valence-corrected chi connectivity index (χ2v) is 3.54. The predicted octanol–water partition coefficient (Wildman–Crippen LogP) is -0.342. The number of nitrogens with zero attached hydrogens (tertiary/aromatic N) is 1. The van der Waals surface area contributed by atoms with Crippen LogP contribution in [0.2, 0.25) is 0 Å². The van der Waals surface area contributed by atoms with Crippen LogP contribution in [-0.4, -0.2) is 45.0 Å². The standard InChI is InChI=1S/C9H19N3O2/c1-7(4-13-3)11-8-5-14-6-12(2)9(8)10/h7,11H,4-6,10H2,1-3H3/t7-/m0/s1. The maximum absolute atomic E-state index is 5.89. The number of hydrogen-bond acceptors (Lipinski definition) is 5. The zero-order valence-corrected chi connectivity index (χ0v) is 9.04. The molecule has 1 rings (SSSR count). The molecule has 0 unspecified atom stereocenters. The summed E-state index contributed by atoms with van der Waals surface area (Å²) in [5, 5.41) is 3.26. The fourth-order valence-corrected chi connectivity index (χ4v) is 1.36. The Hall–Kier alpha value is -0.940. The maximum atomic E-state index is 5.89. The van der Waals surface area contributed by atoms with Crippen LogP contribution in [0, 0.1) is 0 Å². The van der Waals surface area contributed by atoms with Gasteiger partial charge in [-0.05, 0) is 6.92 Å². The molecule has 0 radical (unpaired) electrons. The average Bonchev–Trinajstić information content (AvgIpc) is 2.13. The number of nitrogens with one attached hydrogen (secondary N) is 1. The smallest absolute Gasteiger partial charge is 0.122 e. The van der Waals surface area contributed by atoms with Crippen LogP contribution in [0.5, 0.6) is 0 Å².